The Morgan fingerprint density at radius 3 is 1.58 bits per heavy atom. The van der Waals surface area contributed by atoms with Crippen molar-refractivity contribution in [3.05, 3.63) is 0 Å². The Labute approximate surface area is 137 Å². The number of hydrogen-bond acceptors (Lipinski definition) is 9. The molecular weight excluding hydrogens is 326 g/mol. The first kappa shape index (κ1) is 19.4. The van der Waals surface area contributed by atoms with Crippen molar-refractivity contribution in [3.63, 3.8) is 0 Å². The van der Waals surface area contributed by atoms with Crippen LogP contribution in [0.2, 0.25) is 0 Å². The van der Waals surface area contributed by atoms with E-state index in [9.17, 15) is 24.0 Å². The summed E-state index contributed by atoms with van der Waals surface area (Å²) in [5.41, 5.74) is 0. The van der Waals surface area contributed by atoms with Gasteiger partial charge in [-0.05, 0) is 0 Å². The molecule has 134 valence electrons. The molecule has 0 aromatic carbocycles. The number of rotatable bonds is 4. The number of carbonyl (C=O) groups excluding carboxylic acids is 5. The molecule has 10 heteroatoms. The molecule has 1 heterocycles. The van der Waals surface area contributed by atoms with E-state index in [4.69, 9.17) is 18.9 Å². The second kappa shape index (κ2) is 7.75. The summed E-state index contributed by atoms with van der Waals surface area (Å²) in [5, 5.41) is 0. The third-order valence-electron chi connectivity index (χ3n) is 3.06. The van der Waals surface area contributed by atoms with Crippen LogP contribution in [-0.4, -0.2) is 66.3 Å². The summed E-state index contributed by atoms with van der Waals surface area (Å²) in [6.07, 6.45) is -5.69. The Balaban J connectivity index is 3.31. The molecule has 0 aliphatic carbocycles. The van der Waals surface area contributed by atoms with Gasteiger partial charge in [0.25, 0.3) is 5.91 Å². The highest BCUT2D eigenvalue weighted by Gasteiger charge is 2.54. The molecule has 1 amide bonds. The van der Waals surface area contributed by atoms with E-state index in [1.165, 1.54) is 7.05 Å². The zero-order valence-electron chi connectivity index (χ0n) is 13.9. The Bertz CT molecular complexity index is 558. The Morgan fingerprint density at radius 1 is 0.750 bits per heavy atom. The number of likely N-dealkylation sites (N-methyl/N-ethyl adjacent to an activating group) is 1. The maximum absolute atomic E-state index is 12.4. The average Bonchev–Trinajstić information content (AvgIpc) is 2.42. The maximum Gasteiger partial charge on any atom is 0.304 e. The number of amides is 1. The maximum atomic E-state index is 12.4. The van der Waals surface area contributed by atoms with Gasteiger partial charge in [-0.15, -0.1) is 0 Å². The summed E-state index contributed by atoms with van der Waals surface area (Å²) < 4.78 is 20.0. The number of ether oxygens (including phenoxy) is 4. The molecule has 1 aliphatic heterocycles. The van der Waals surface area contributed by atoms with Gasteiger partial charge >= 0.3 is 23.9 Å². The molecule has 1 rings (SSSR count). The number of nitrogens with zero attached hydrogens (tertiary/aromatic N) is 1. The van der Waals surface area contributed by atoms with Crippen molar-refractivity contribution in [1.82, 2.24) is 4.90 Å². The number of likely N-dealkylation sites (tertiary alicyclic amines) is 1. The molecule has 0 saturated carbocycles. The standard InChI is InChI=1S/C14H19NO9/c1-6(16)21-10-11(22-7(2)17)13(20)15(5)14(24-9(4)19)12(10)23-8(3)18/h10-12,14H,1-5H3/t10-,11+,12-,14-/m1/s1. The van der Waals surface area contributed by atoms with Gasteiger partial charge in [-0.25, -0.2) is 0 Å². The van der Waals surface area contributed by atoms with E-state index in [0.29, 0.717) is 0 Å². The van der Waals surface area contributed by atoms with Crippen LogP contribution < -0.4 is 0 Å². The first-order valence-electron chi connectivity index (χ1n) is 7.00. The van der Waals surface area contributed by atoms with Gasteiger partial charge in [-0.3, -0.25) is 24.0 Å². The second-order valence-corrected chi connectivity index (χ2v) is 5.13. The zero-order chi connectivity index (χ0) is 18.6. The first-order valence-corrected chi connectivity index (χ1v) is 7.00. The predicted octanol–water partition coefficient (Wildman–Crippen LogP) is -0.857. The van der Waals surface area contributed by atoms with Crippen molar-refractivity contribution < 1.29 is 42.9 Å². The largest absolute Gasteiger partial charge is 0.454 e. The Morgan fingerprint density at radius 2 is 1.17 bits per heavy atom. The van der Waals surface area contributed by atoms with Crippen LogP contribution in [0.5, 0.6) is 0 Å². The highest BCUT2D eigenvalue weighted by molar-refractivity contribution is 5.86. The Hall–Kier alpha value is -2.65. The summed E-state index contributed by atoms with van der Waals surface area (Å²) in [6, 6.07) is 0. The zero-order valence-corrected chi connectivity index (χ0v) is 13.9. The average molecular weight is 345 g/mol. The van der Waals surface area contributed by atoms with Crippen LogP contribution in [-0.2, 0) is 42.9 Å². The van der Waals surface area contributed by atoms with E-state index in [0.717, 1.165) is 32.6 Å². The van der Waals surface area contributed by atoms with Gasteiger partial charge in [0.2, 0.25) is 12.3 Å². The van der Waals surface area contributed by atoms with Crippen LogP contribution in [0.1, 0.15) is 27.7 Å². The van der Waals surface area contributed by atoms with Crippen LogP contribution in [0.25, 0.3) is 0 Å². The summed E-state index contributed by atoms with van der Waals surface area (Å²) in [4.78, 5) is 58.6. The smallest absolute Gasteiger partial charge is 0.304 e. The van der Waals surface area contributed by atoms with Crippen LogP contribution in [0.3, 0.4) is 0 Å². The quantitative estimate of drug-likeness (QED) is 0.472. The monoisotopic (exact) mass is 345 g/mol. The highest BCUT2D eigenvalue weighted by atomic mass is 16.6. The molecular formula is C14H19NO9. The molecule has 0 bridgehead atoms. The van der Waals surface area contributed by atoms with Gasteiger partial charge in [0.1, 0.15) is 0 Å². The fourth-order valence-electron chi connectivity index (χ4n) is 2.27. The topological polar surface area (TPSA) is 126 Å². The number of piperidine rings is 1. The van der Waals surface area contributed by atoms with E-state index < -0.39 is 54.3 Å². The third-order valence-corrected chi connectivity index (χ3v) is 3.06. The SMILES string of the molecule is CC(=O)O[C@@H]1[C@H](OC(C)=O)[C@H](OC(C)=O)C(=O)N(C)[C@@H]1OC(C)=O. The fourth-order valence-corrected chi connectivity index (χ4v) is 2.27. The number of esters is 4. The van der Waals surface area contributed by atoms with Crippen molar-refractivity contribution in [2.75, 3.05) is 7.05 Å². The molecule has 1 saturated heterocycles. The molecule has 24 heavy (non-hydrogen) atoms. The van der Waals surface area contributed by atoms with E-state index in [2.05, 4.69) is 0 Å². The van der Waals surface area contributed by atoms with Crippen LogP contribution >= 0.6 is 0 Å². The molecule has 1 aliphatic rings. The van der Waals surface area contributed by atoms with Crippen LogP contribution in [0, 0.1) is 0 Å². The molecule has 4 atom stereocenters. The van der Waals surface area contributed by atoms with Crippen LogP contribution in [0.15, 0.2) is 0 Å². The lowest BCUT2D eigenvalue weighted by molar-refractivity contribution is -0.231. The minimum atomic E-state index is -1.53. The number of hydrogen-bond donors (Lipinski definition) is 0. The summed E-state index contributed by atoms with van der Waals surface area (Å²) >= 11 is 0. The molecule has 0 aromatic heterocycles. The summed E-state index contributed by atoms with van der Waals surface area (Å²) in [6.45, 7) is 4.32. The second-order valence-electron chi connectivity index (χ2n) is 5.13. The molecule has 0 spiro atoms. The summed E-state index contributed by atoms with van der Waals surface area (Å²) in [7, 11) is 1.27. The predicted molar refractivity (Wildman–Crippen MR) is 75.0 cm³/mol. The third kappa shape index (κ3) is 4.67. The van der Waals surface area contributed by atoms with Gasteiger partial charge in [-0.1, -0.05) is 0 Å². The van der Waals surface area contributed by atoms with Gasteiger partial charge < -0.3 is 23.8 Å². The molecule has 0 aromatic rings. The fraction of sp³-hybridized carbons (Fsp3) is 0.643. The van der Waals surface area contributed by atoms with E-state index in [1.807, 2.05) is 0 Å². The normalized spacial score (nSPS) is 26.4. The minimum absolute atomic E-state index is 0.746. The molecule has 0 N–H and O–H groups in total. The lowest BCUT2D eigenvalue weighted by Gasteiger charge is -2.43. The summed E-state index contributed by atoms with van der Waals surface area (Å²) in [5.74, 6) is -3.88. The molecule has 1 fully saturated rings. The van der Waals surface area contributed by atoms with Crippen molar-refractivity contribution in [2.45, 2.75) is 52.2 Å². The van der Waals surface area contributed by atoms with E-state index in [1.54, 1.807) is 0 Å². The van der Waals surface area contributed by atoms with Crippen LogP contribution in [0.4, 0.5) is 0 Å². The molecule has 0 unspecified atom stereocenters. The minimum Gasteiger partial charge on any atom is -0.454 e. The molecule has 10 nitrogen and oxygen atoms in total. The van der Waals surface area contributed by atoms with Gasteiger partial charge in [0.15, 0.2) is 12.2 Å². The highest BCUT2D eigenvalue weighted by Crippen LogP contribution is 2.27. The van der Waals surface area contributed by atoms with E-state index >= 15 is 0 Å². The molecule has 0 radical (unpaired) electrons. The lowest BCUT2D eigenvalue weighted by atomic mass is 9.98. The van der Waals surface area contributed by atoms with E-state index in [-0.39, 0.29) is 0 Å². The Kier molecular flexibility index (Phi) is 6.27. The first-order chi connectivity index (χ1) is 11.0. The lowest BCUT2D eigenvalue weighted by Crippen LogP contribution is -2.66. The van der Waals surface area contributed by atoms with Gasteiger partial charge in [0.05, 0.1) is 0 Å². The van der Waals surface area contributed by atoms with Gasteiger partial charge in [0, 0.05) is 34.7 Å². The van der Waals surface area contributed by atoms with Gasteiger partial charge in [-0.2, -0.15) is 0 Å². The number of carbonyl (C=O) groups is 5. The van der Waals surface area contributed by atoms with Crippen molar-refractivity contribution in [3.8, 4) is 0 Å². The van der Waals surface area contributed by atoms with Crippen molar-refractivity contribution >= 4 is 29.8 Å². The van der Waals surface area contributed by atoms with Crippen molar-refractivity contribution in [2.24, 2.45) is 0 Å². The van der Waals surface area contributed by atoms with Crippen molar-refractivity contribution in [1.29, 1.82) is 0 Å².